The molecule has 2 aromatic heterocycles. The van der Waals surface area contributed by atoms with Crippen LogP contribution in [0.1, 0.15) is 58.8 Å². The minimum absolute atomic E-state index is 0.341. The third kappa shape index (κ3) is 4.32. The Kier molecular flexibility index (Phi) is 7.15. The maximum Gasteiger partial charge on any atom is 0.329 e. The lowest BCUT2D eigenvalue weighted by Crippen LogP contribution is -2.29. The van der Waals surface area contributed by atoms with Gasteiger partial charge >= 0.3 is 5.69 Å². The van der Waals surface area contributed by atoms with Crippen LogP contribution in [-0.2, 0) is 13.6 Å². The van der Waals surface area contributed by atoms with Crippen LogP contribution in [0.5, 0.6) is 0 Å². The molecule has 0 saturated carbocycles. The van der Waals surface area contributed by atoms with Crippen molar-refractivity contribution < 1.29 is 0 Å². The van der Waals surface area contributed by atoms with Gasteiger partial charge in [0.15, 0.2) is 16.3 Å². The van der Waals surface area contributed by atoms with Crippen molar-refractivity contribution >= 4 is 22.9 Å². The average molecular weight is 353 g/mol. The van der Waals surface area contributed by atoms with E-state index < -0.39 is 5.69 Å². The maximum absolute atomic E-state index is 12.3. The molecule has 0 aliphatic heterocycles. The van der Waals surface area contributed by atoms with Crippen LogP contribution in [0.15, 0.2) is 14.7 Å². The molecule has 0 fully saturated rings. The van der Waals surface area contributed by atoms with E-state index in [9.17, 15) is 9.59 Å². The Morgan fingerprint density at radius 2 is 1.71 bits per heavy atom. The second kappa shape index (κ2) is 9.11. The zero-order chi connectivity index (χ0) is 17.5. The molecule has 1 N–H and O–H groups in total. The summed E-state index contributed by atoms with van der Waals surface area (Å²) in [4.78, 5) is 30.9. The number of hydrogen-bond donors (Lipinski definition) is 1. The van der Waals surface area contributed by atoms with Gasteiger partial charge in [0.25, 0.3) is 5.56 Å². The number of aromatic amines is 1. The first-order valence-electron chi connectivity index (χ1n) is 8.92. The van der Waals surface area contributed by atoms with E-state index in [1.807, 2.05) is 4.57 Å². The highest BCUT2D eigenvalue weighted by atomic mass is 32.2. The molecule has 0 aliphatic rings. The predicted molar refractivity (Wildman–Crippen MR) is 100.0 cm³/mol. The van der Waals surface area contributed by atoms with Gasteiger partial charge in [-0.05, 0) is 12.2 Å². The fraction of sp³-hybridized carbons (Fsp3) is 0.706. The fourth-order valence-electron chi connectivity index (χ4n) is 2.89. The van der Waals surface area contributed by atoms with Crippen LogP contribution in [0.3, 0.4) is 0 Å². The van der Waals surface area contributed by atoms with Crippen molar-refractivity contribution in [1.82, 2.24) is 19.1 Å². The number of thioether (sulfide) groups is 1. The molecule has 2 aromatic rings. The van der Waals surface area contributed by atoms with Crippen LogP contribution in [0.4, 0.5) is 0 Å². The van der Waals surface area contributed by atoms with E-state index in [2.05, 4.69) is 23.8 Å². The Balaban J connectivity index is 2.15. The van der Waals surface area contributed by atoms with Crippen molar-refractivity contribution in [2.45, 2.75) is 70.5 Å². The van der Waals surface area contributed by atoms with Crippen molar-refractivity contribution in [3.8, 4) is 0 Å². The van der Waals surface area contributed by atoms with Crippen molar-refractivity contribution in [3.05, 3.63) is 20.8 Å². The SMILES string of the molecule is CCCCCCCCCn1c(SCC)nc2c1c(=O)[nH]c(=O)n2C. The Labute approximate surface area is 146 Å². The largest absolute Gasteiger partial charge is 0.329 e. The molecule has 7 heteroatoms. The Bertz CT molecular complexity index is 775. The van der Waals surface area contributed by atoms with Crippen LogP contribution in [-0.4, -0.2) is 24.9 Å². The van der Waals surface area contributed by atoms with E-state index >= 15 is 0 Å². The average Bonchev–Trinajstić information content (AvgIpc) is 2.91. The molecule has 6 nitrogen and oxygen atoms in total. The highest BCUT2D eigenvalue weighted by Gasteiger charge is 2.16. The van der Waals surface area contributed by atoms with Gasteiger partial charge in [-0.25, -0.2) is 9.78 Å². The van der Waals surface area contributed by atoms with Crippen molar-refractivity contribution in [2.24, 2.45) is 7.05 Å². The molecule has 0 radical (unpaired) electrons. The highest BCUT2D eigenvalue weighted by molar-refractivity contribution is 7.99. The van der Waals surface area contributed by atoms with Crippen molar-refractivity contribution in [1.29, 1.82) is 0 Å². The number of imidazole rings is 1. The molecule has 0 unspecified atom stereocenters. The first-order valence-corrected chi connectivity index (χ1v) is 9.91. The Morgan fingerprint density at radius 3 is 2.38 bits per heavy atom. The summed E-state index contributed by atoms with van der Waals surface area (Å²) in [6.45, 7) is 5.06. The summed E-state index contributed by atoms with van der Waals surface area (Å²) < 4.78 is 3.39. The third-order valence-electron chi connectivity index (χ3n) is 4.23. The van der Waals surface area contributed by atoms with Gasteiger partial charge in [0.2, 0.25) is 0 Å². The van der Waals surface area contributed by atoms with Gasteiger partial charge in [0.05, 0.1) is 0 Å². The van der Waals surface area contributed by atoms with Gasteiger partial charge in [0.1, 0.15) is 0 Å². The lowest BCUT2D eigenvalue weighted by atomic mass is 10.1. The number of nitrogens with zero attached hydrogens (tertiary/aromatic N) is 3. The zero-order valence-corrected chi connectivity index (χ0v) is 15.7. The summed E-state index contributed by atoms with van der Waals surface area (Å²) in [5.41, 5.74) is 0.231. The highest BCUT2D eigenvalue weighted by Crippen LogP contribution is 2.22. The summed E-state index contributed by atoms with van der Waals surface area (Å²) in [6, 6.07) is 0. The van der Waals surface area contributed by atoms with E-state index in [0.29, 0.717) is 11.2 Å². The van der Waals surface area contributed by atoms with Crippen molar-refractivity contribution in [3.63, 3.8) is 0 Å². The summed E-state index contributed by atoms with van der Waals surface area (Å²) in [5, 5.41) is 0.824. The molecule has 0 saturated heterocycles. The molecule has 0 aromatic carbocycles. The molecular weight excluding hydrogens is 324 g/mol. The maximum atomic E-state index is 12.3. The topological polar surface area (TPSA) is 72.7 Å². The number of aryl methyl sites for hydroxylation is 2. The number of H-pyrrole nitrogens is 1. The number of fused-ring (bicyclic) bond motifs is 1. The summed E-state index contributed by atoms with van der Waals surface area (Å²) >= 11 is 1.61. The Hall–Kier alpha value is -1.50. The van der Waals surface area contributed by atoms with E-state index in [1.165, 1.54) is 36.7 Å². The smallest absolute Gasteiger partial charge is 0.313 e. The second-order valence-electron chi connectivity index (χ2n) is 6.09. The normalized spacial score (nSPS) is 11.5. The lowest BCUT2D eigenvalue weighted by Gasteiger charge is -2.08. The minimum Gasteiger partial charge on any atom is -0.313 e. The van der Waals surface area contributed by atoms with Crippen LogP contribution in [0, 0.1) is 0 Å². The molecule has 0 spiro atoms. The van der Waals surface area contributed by atoms with E-state index in [0.717, 1.165) is 30.3 Å². The number of unbranched alkanes of at least 4 members (excludes halogenated alkanes) is 6. The molecule has 0 aliphatic carbocycles. The summed E-state index contributed by atoms with van der Waals surface area (Å²) in [7, 11) is 1.64. The number of hydrogen-bond acceptors (Lipinski definition) is 4. The molecule has 2 rings (SSSR count). The number of nitrogens with one attached hydrogen (secondary N) is 1. The number of rotatable bonds is 10. The van der Waals surface area contributed by atoms with E-state index in [1.54, 1.807) is 18.8 Å². The van der Waals surface area contributed by atoms with Crippen LogP contribution in [0.25, 0.3) is 11.2 Å². The van der Waals surface area contributed by atoms with E-state index in [4.69, 9.17) is 0 Å². The first kappa shape index (κ1) is 18.8. The summed E-state index contributed by atoms with van der Waals surface area (Å²) in [6.07, 6.45) is 8.58. The van der Waals surface area contributed by atoms with Gasteiger partial charge in [-0.2, -0.15) is 0 Å². The second-order valence-corrected chi connectivity index (χ2v) is 7.32. The number of aromatic nitrogens is 4. The third-order valence-corrected chi connectivity index (χ3v) is 5.09. The quantitative estimate of drug-likeness (QED) is 0.526. The van der Waals surface area contributed by atoms with Crippen molar-refractivity contribution in [2.75, 3.05) is 5.75 Å². The van der Waals surface area contributed by atoms with Crippen LogP contribution < -0.4 is 11.2 Å². The molecule has 2 heterocycles. The molecule has 0 amide bonds. The lowest BCUT2D eigenvalue weighted by molar-refractivity contribution is 0.538. The predicted octanol–water partition coefficient (Wildman–Crippen LogP) is 3.29. The van der Waals surface area contributed by atoms with Gasteiger partial charge < -0.3 is 4.57 Å². The monoisotopic (exact) mass is 352 g/mol. The van der Waals surface area contributed by atoms with E-state index in [-0.39, 0.29) is 5.56 Å². The van der Waals surface area contributed by atoms with Gasteiger partial charge in [-0.15, -0.1) is 0 Å². The zero-order valence-electron chi connectivity index (χ0n) is 14.9. The van der Waals surface area contributed by atoms with Gasteiger partial charge in [-0.3, -0.25) is 14.3 Å². The molecule has 0 atom stereocenters. The first-order chi connectivity index (χ1) is 11.6. The minimum atomic E-state index is -0.416. The molecular formula is C17H28N4O2S. The van der Waals surface area contributed by atoms with Gasteiger partial charge in [0, 0.05) is 13.6 Å². The Morgan fingerprint density at radius 1 is 1.04 bits per heavy atom. The van der Waals surface area contributed by atoms with Gasteiger partial charge in [-0.1, -0.05) is 64.1 Å². The standard InChI is InChI=1S/C17H28N4O2S/c1-4-6-7-8-9-10-11-12-21-13-14(18-17(21)24-5-2)20(3)16(23)19-15(13)22/h4-12H2,1-3H3,(H,19,22,23). The molecule has 134 valence electrons. The van der Waals surface area contributed by atoms with Crippen LogP contribution >= 0.6 is 11.8 Å². The van der Waals surface area contributed by atoms with Crippen LogP contribution in [0.2, 0.25) is 0 Å². The fourth-order valence-corrected chi connectivity index (χ4v) is 3.64. The summed E-state index contributed by atoms with van der Waals surface area (Å²) in [5.74, 6) is 0.881. The molecule has 0 bridgehead atoms. The molecule has 24 heavy (non-hydrogen) atoms.